The summed E-state index contributed by atoms with van der Waals surface area (Å²) in [6, 6.07) is 37.4. The summed E-state index contributed by atoms with van der Waals surface area (Å²) >= 11 is 3.54. The van der Waals surface area contributed by atoms with E-state index in [2.05, 4.69) is 15.9 Å². The van der Waals surface area contributed by atoms with E-state index in [1.165, 1.54) is 0 Å². The second kappa shape index (κ2) is 11.0. The Morgan fingerprint density at radius 1 is 0.878 bits per heavy atom. The number of carbonyl (C=O) groups excluding carboxylic acids is 1. The number of halogens is 1. The number of hydrogen-bond donors (Lipinski definition) is 1. The molecule has 1 amide bonds. The van der Waals surface area contributed by atoms with Gasteiger partial charge in [0.05, 0.1) is 12.5 Å². The average Bonchev–Trinajstić information content (AvgIpc) is 3.62. The van der Waals surface area contributed by atoms with Gasteiger partial charge in [0, 0.05) is 38.2 Å². The van der Waals surface area contributed by atoms with Crippen LogP contribution >= 0.6 is 15.9 Å². The van der Waals surface area contributed by atoms with Crippen LogP contribution in [0.4, 0.5) is 5.69 Å². The highest BCUT2D eigenvalue weighted by molar-refractivity contribution is 9.10. The van der Waals surface area contributed by atoms with Gasteiger partial charge in [0.2, 0.25) is 5.91 Å². The van der Waals surface area contributed by atoms with Crippen LogP contribution in [-0.4, -0.2) is 22.0 Å². The molecule has 1 aromatic heterocycles. The van der Waals surface area contributed by atoms with E-state index in [0.29, 0.717) is 52.3 Å². The van der Waals surface area contributed by atoms with Gasteiger partial charge in [-0.15, -0.1) is 0 Å². The molecule has 9 rings (SSSR count). The van der Waals surface area contributed by atoms with Crippen LogP contribution in [-0.2, 0) is 28.8 Å². The summed E-state index contributed by atoms with van der Waals surface area (Å²) in [4.78, 5) is 30.8. The molecule has 0 unspecified atom stereocenters. The number of fused-ring (bicyclic) bond motifs is 4. The minimum Gasteiger partial charge on any atom is -0.460 e. The van der Waals surface area contributed by atoms with Gasteiger partial charge in [-0.05, 0) is 64.6 Å². The highest BCUT2D eigenvalue weighted by Crippen LogP contribution is 2.66. The first kappa shape index (κ1) is 30.0. The van der Waals surface area contributed by atoms with Crippen LogP contribution in [0.3, 0.4) is 0 Å². The summed E-state index contributed by atoms with van der Waals surface area (Å²) in [5.41, 5.74) is 1.16. The number of carbonyl (C=O) groups is 1. The third-order valence-corrected chi connectivity index (χ3v) is 11.4. The van der Waals surface area contributed by atoms with Gasteiger partial charge in [0.15, 0.2) is 5.60 Å². The smallest absolute Gasteiger partial charge is 0.254 e. The molecule has 1 N–H and O–H groups in total. The maximum Gasteiger partial charge on any atom is 0.254 e. The molecule has 49 heavy (non-hydrogen) atoms. The summed E-state index contributed by atoms with van der Waals surface area (Å²) in [5.74, 6) is -0.343. The molecule has 2 aliphatic carbocycles. The Hall–Kier alpha value is -5.05. The predicted molar refractivity (Wildman–Crippen MR) is 191 cm³/mol. The fraction of sp³-hybridized carbons (Fsp3) is 0.195. The minimum absolute atomic E-state index is 0.183. The number of aliphatic hydroxyl groups is 1. The van der Waals surface area contributed by atoms with Crippen LogP contribution in [0.2, 0.25) is 0 Å². The molecule has 6 aromatic rings. The van der Waals surface area contributed by atoms with Crippen molar-refractivity contribution in [2.45, 2.75) is 48.8 Å². The minimum atomic E-state index is -1.87. The number of rotatable bonds is 5. The lowest BCUT2D eigenvalue weighted by atomic mass is 9.51. The van der Waals surface area contributed by atoms with Gasteiger partial charge >= 0.3 is 0 Å². The lowest BCUT2D eigenvalue weighted by Gasteiger charge is -2.49. The van der Waals surface area contributed by atoms with Crippen molar-refractivity contribution >= 4 is 38.3 Å². The number of hydrogen-bond acceptors (Lipinski definition) is 5. The third kappa shape index (κ3) is 4.20. The van der Waals surface area contributed by atoms with Crippen LogP contribution in [0.5, 0.6) is 0 Å². The fourth-order valence-corrected chi connectivity index (χ4v) is 9.24. The summed E-state index contributed by atoms with van der Waals surface area (Å²) in [5, 5.41) is 28.5. The molecule has 0 bridgehead atoms. The van der Waals surface area contributed by atoms with E-state index < -0.39 is 23.0 Å². The number of nitrogens with zero attached hydrogens (tertiary/aromatic N) is 2. The van der Waals surface area contributed by atoms with Crippen LogP contribution in [0.25, 0.3) is 22.1 Å². The van der Waals surface area contributed by atoms with Crippen molar-refractivity contribution in [1.29, 1.82) is 0 Å². The highest BCUT2D eigenvalue weighted by atomic mass is 79.9. The highest BCUT2D eigenvalue weighted by Gasteiger charge is 2.73. The normalized spacial score (nSPS) is 23.9. The number of amides is 1. The zero-order valence-electron chi connectivity index (χ0n) is 26.4. The SMILES string of the molecule is O=C1N(Cc2ccccc2)c2ccccc2[C@@]12c1c(-c3ccc4ccccc4c3)oc3c1[C@@](O)(CCC3)[C@H]([N+](=O)[O-])[C@H]2c1ccc(Br)cc1. The van der Waals surface area contributed by atoms with Crippen molar-refractivity contribution in [3.63, 3.8) is 0 Å². The van der Waals surface area contributed by atoms with Gasteiger partial charge in [0.25, 0.3) is 6.04 Å². The molecular weight excluding hydrogens is 680 g/mol. The van der Waals surface area contributed by atoms with E-state index >= 15 is 4.79 Å². The Kier molecular flexibility index (Phi) is 6.73. The Bertz CT molecular complexity index is 2300. The van der Waals surface area contributed by atoms with E-state index in [1.54, 1.807) is 4.90 Å². The van der Waals surface area contributed by atoms with Crippen molar-refractivity contribution in [2.24, 2.45) is 0 Å². The van der Waals surface area contributed by atoms with E-state index in [9.17, 15) is 15.2 Å². The zero-order chi connectivity index (χ0) is 33.5. The molecule has 8 heteroatoms. The molecule has 7 nitrogen and oxygen atoms in total. The Morgan fingerprint density at radius 2 is 1.59 bits per heavy atom. The number of benzene rings is 5. The van der Waals surface area contributed by atoms with Crippen molar-refractivity contribution in [1.82, 2.24) is 0 Å². The largest absolute Gasteiger partial charge is 0.460 e. The van der Waals surface area contributed by atoms with E-state index in [0.717, 1.165) is 26.4 Å². The first-order valence-electron chi connectivity index (χ1n) is 16.5. The molecule has 1 aliphatic heterocycles. The quantitative estimate of drug-likeness (QED) is 0.143. The molecular formula is C41H31BrN2O5. The van der Waals surface area contributed by atoms with Gasteiger partial charge in [-0.1, -0.05) is 113 Å². The first-order valence-corrected chi connectivity index (χ1v) is 17.3. The van der Waals surface area contributed by atoms with Crippen molar-refractivity contribution in [3.8, 4) is 11.3 Å². The number of furan rings is 1. The molecule has 5 aromatic carbocycles. The number of aryl methyl sites for hydroxylation is 1. The number of nitro groups is 1. The molecule has 2 heterocycles. The molecule has 1 spiro atoms. The number of anilines is 1. The summed E-state index contributed by atoms with van der Waals surface area (Å²) in [7, 11) is 0. The second-order valence-corrected chi connectivity index (χ2v) is 14.3. The Morgan fingerprint density at radius 3 is 2.37 bits per heavy atom. The summed E-state index contributed by atoms with van der Waals surface area (Å²) < 4.78 is 7.62. The molecule has 3 aliphatic rings. The molecule has 4 atom stereocenters. The van der Waals surface area contributed by atoms with E-state index in [1.807, 2.05) is 121 Å². The molecule has 0 saturated carbocycles. The van der Waals surface area contributed by atoms with Crippen molar-refractivity contribution in [2.75, 3.05) is 4.90 Å². The lowest BCUT2D eigenvalue weighted by Crippen LogP contribution is -2.62. The Balaban J connectivity index is 1.42. The van der Waals surface area contributed by atoms with Gasteiger partial charge in [-0.25, -0.2) is 0 Å². The topological polar surface area (TPSA) is 96.8 Å². The lowest BCUT2D eigenvalue weighted by molar-refractivity contribution is -0.556. The molecule has 0 saturated heterocycles. The summed E-state index contributed by atoms with van der Waals surface area (Å²) in [6.45, 7) is 0.282. The van der Waals surface area contributed by atoms with Crippen molar-refractivity contribution in [3.05, 3.63) is 169 Å². The third-order valence-electron chi connectivity index (χ3n) is 10.9. The first-order chi connectivity index (χ1) is 23.8. The van der Waals surface area contributed by atoms with Gasteiger partial charge in [0.1, 0.15) is 16.9 Å². The van der Waals surface area contributed by atoms with E-state index in [4.69, 9.17) is 4.42 Å². The number of para-hydroxylation sites is 1. The standard InChI is InChI=1S/C41H31BrN2O5/c42-30-20-18-27(19-21-30)34-38(44(47)48)40(46)22-8-15-33-35(40)36(37(49-33)29-17-16-26-11-4-5-12-28(26)23-29)41(34)31-13-6-7-14-32(31)43(39(41)45)24-25-9-2-1-3-10-25/h1-7,9-14,16-21,23,34,38,46H,8,15,22,24H2/t34-,38-,40+,41-/m1/s1. The van der Waals surface area contributed by atoms with E-state index in [-0.39, 0.29) is 23.8 Å². The van der Waals surface area contributed by atoms with Gasteiger partial charge in [-0.3, -0.25) is 14.9 Å². The molecule has 242 valence electrons. The van der Waals surface area contributed by atoms with Crippen LogP contribution in [0, 0.1) is 10.1 Å². The molecule has 0 radical (unpaired) electrons. The van der Waals surface area contributed by atoms with Gasteiger partial charge < -0.3 is 14.4 Å². The van der Waals surface area contributed by atoms with Crippen LogP contribution in [0.1, 0.15) is 52.3 Å². The second-order valence-electron chi connectivity index (χ2n) is 13.4. The van der Waals surface area contributed by atoms with Gasteiger partial charge in [-0.2, -0.15) is 0 Å². The summed E-state index contributed by atoms with van der Waals surface area (Å²) in [6.07, 6.45) is 1.20. The molecule has 0 fully saturated rings. The predicted octanol–water partition coefficient (Wildman–Crippen LogP) is 8.66. The monoisotopic (exact) mass is 710 g/mol. The zero-order valence-corrected chi connectivity index (χ0v) is 28.0. The van der Waals surface area contributed by atoms with Crippen LogP contribution < -0.4 is 4.90 Å². The maximum atomic E-state index is 15.8. The average molecular weight is 712 g/mol. The fourth-order valence-electron chi connectivity index (χ4n) is 8.97. The maximum absolute atomic E-state index is 15.8. The van der Waals surface area contributed by atoms with Crippen molar-refractivity contribution < 1.29 is 19.2 Å². The van der Waals surface area contributed by atoms with Crippen LogP contribution in [0.15, 0.2) is 130 Å². The Labute approximate surface area is 291 Å².